The summed E-state index contributed by atoms with van der Waals surface area (Å²) in [4.78, 5) is 4.67. The van der Waals surface area contributed by atoms with Gasteiger partial charge >= 0.3 is 0 Å². The van der Waals surface area contributed by atoms with Gasteiger partial charge in [0.1, 0.15) is 17.0 Å². The number of rotatable bonds is 4. The van der Waals surface area contributed by atoms with Gasteiger partial charge in [-0.05, 0) is 45.8 Å². The zero-order valence-electron chi connectivity index (χ0n) is 12.7. The minimum absolute atomic E-state index is 0.0876. The van der Waals surface area contributed by atoms with Gasteiger partial charge in [0.25, 0.3) is 0 Å². The van der Waals surface area contributed by atoms with Gasteiger partial charge in [0, 0.05) is 11.6 Å². The van der Waals surface area contributed by atoms with Crippen LogP contribution in [0.2, 0.25) is 0 Å². The maximum atomic E-state index is 5.40. The molecule has 0 bridgehead atoms. The number of methoxy groups -OCH3 is 2. The van der Waals surface area contributed by atoms with E-state index in [-0.39, 0.29) is 5.54 Å². The van der Waals surface area contributed by atoms with Crippen molar-refractivity contribution in [3.05, 3.63) is 12.1 Å². The molecule has 0 spiro atoms. The Morgan fingerprint density at radius 2 is 1.90 bits per heavy atom. The molecule has 0 fully saturated rings. The van der Waals surface area contributed by atoms with E-state index >= 15 is 0 Å². The maximum absolute atomic E-state index is 5.40. The lowest BCUT2D eigenvalue weighted by molar-refractivity contribution is 0.319. The number of fused-ring (bicyclic) bond motifs is 1. The Hall–Kier alpha value is -0.980. The molecule has 110 valence electrons. The summed E-state index contributed by atoms with van der Waals surface area (Å²) < 4.78 is 15.0. The molecule has 2 rings (SSSR count). The first-order chi connectivity index (χ1) is 9.35. The maximum Gasteiger partial charge on any atom is 0.166 e. The quantitative estimate of drug-likeness (QED) is 0.796. The van der Waals surface area contributed by atoms with Crippen LogP contribution < -0.4 is 9.47 Å². The third-order valence-electron chi connectivity index (χ3n) is 3.03. The average molecular weight is 312 g/mol. The number of benzene rings is 1. The molecule has 1 aromatic carbocycles. The molecule has 0 saturated heterocycles. The molecule has 6 heteroatoms. The van der Waals surface area contributed by atoms with Crippen molar-refractivity contribution in [1.82, 2.24) is 9.29 Å². The smallest absolute Gasteiger partial charge is 0.166 e. The summed E-state index contributed by atoms with van der Waals surface area (Å²) in [5.74, 6) is 1.54. The molecule has 1 aromatic heterocycles. The number of hydrogen-bond acceptors (Lipinski definition) is 6. The standard InChI is InChI=1S/C14H20N2O2S2/c1-14(2,3)16(4)20-13-15-12-10(18-6)7-9(17-5)8-11(12)19-13/h7-8H,1-6H3. The highest BCUT2D eigenvalue weighted by atomic mass is 32.2. The molecule has 0 N–H and O–H groups in total. The van der Waals surface area contributed by atoms with E-state index in [1.165, 1.54) is 0 Å². The van der Waals surface area contributed by atoms with E-state index in [2.05, 4.69) is 37.1 Å². The van der Waals surface area contributed by atoms with Crippen molar-refractivity contribution in [3.63, 3.8) is 0 Å². The average Bonchev–Trinajstić information content (AvgIpc) is 2.78. The lowest BCUT2D eigenvalue weighted by atomic mass is 10.1. The molecular weight excluding hydrogens is 292 g/mol. The van der Waals surface area contributed by atoms with Crippen LogP contribution in [0.25, 0.3) is 10.2 Å². The second-order valence-electron chi connectivity index (χ2n) is 5.42. The minimum atomic E-state index is 0.0876. The van der Waals surface area contributed by atoms with Crippen LogP contribution in [-0.4, -0.2) is 36.1 Å². The third kappa shape index (κ3) is 3.19. The predicted molar refractivity (Wildman–Crippen MR) is 86.1 cm³/mol. The van der Waals surface area contributed by atoms with Gasteiger partial charge in [0.05, 0.1) is 18.9 Å². The molecule has 2 aromatic rings. The topological polar surface area (TPSA) is 34.6 Å². The van der Waals surface area contributed by atoms with Gasteiger partial charge in [-0.15, -0.1) is 11.3 Å². The Kier molecular flexibility index (Phi) is 4.46. The number of thiazole rings is 1. The van der Waals surface area contributed by atoms with Gasteiger partial charge in [-0.3, -0.25) is 0 Å². The van der Waals surface area contributed by atoms with Gasteiger partial charge in [0.2, 0.25) is 0 Å². The number of hydrogen-bond donors (Lipinski definition) is 0. The number of ether oxygens (including phenoxy) is 2. The normalized spacial score (nSPS) is 12.2. The number of aromatic nitrogens is 1. The van der Waals surface area contributed by atoms with Crippen molar-refractivity contribution in [2.45, 2.75) is 30.6 Å². The van der Waals surface area contributed by atoms with E-state index in [9.17, 15) is 0 Å². The predicted octanol–water partition coefficient (Wildman–Crippen LogP) is 4.05. The summed E-state index contributed by atoms with van der Waals surface area (Å²) in [7, 11) is 5.39. The minimum Gasteiger partial charge on any atom is -0.497 e. The Balaban J connectivity index is 2.38. The summed E-state index contributed by atoms with van der Waals surface area (Å²) in [5, 5.41) is 0. The van der Waals surface area contributed by atoms with Crippen LogP contribution in [0.5, 0.6) is 11.5 Å². The zero-order chi connectivity index (χ0) is 14.9. The zero-order valence-corrected chi connectivity index (χ0v) is 14.3. The highest BCUT2D eigenvalue weighted by molar-refractivity contribution is 7.98. The van der Waals surface area contributed by atoms with Crippen LogP contribution in [0.1, 0.15) is 20.8 Å². The van der Waals surface area contributed by atoms with Crippen LogP contribution in [-0.2, 0) is 0 Å². The molecule has 0 atom stereocenters. The Morgan fingerprint density at radius 1 is 1.20 bits per heavy atom. The van der Waals surface area contributed by atoms with Gasteiger partial charge in [-0.1, -0.05) is 0 Å². The van der Waals surface area contributed by atoms with E-state index < -0.39 is 0 Å². The second-order valence-corrected chi connectivity index (χ2v) is 7.82. The monoisotopic (exact) mass is 312 g/mol. The second kappa shape index (κ2) is 5.79. The highest BCUT2D eigenvalue weighted by Crippen LogP contribution is 2.39. The summed E-state index contributed by atoms with van der Waals surface area (Å²) in [6.45, 7) is 6.53. The van der Waals surface area contributed by atoms with Gasteiger partial charge in [0.15, 0.2) is 4.34 Å². The van der Waals surface area contributed by atoms with E-state index in [1.54, 1.807) is 37.5 Å². The van der Waals surface area contributed by atoms with Crippen LogP contribution in [0.3, 0.4) is 0 Å². The Bertz CT molecular complexity index is 605. The molecule has 0 aliphatic rings. The van der Waals surface area contributed by atoms with Gasteiger partial charge < -0.3 is 9.47 Å². The Labute approximate surface area is 128 Å². The third-order valence-corrected chi connectivity index (χ3v) is 5.37. The summed E-state index contributed by atoms with van der Waals surface area (Å²) in [5.41, 5.74) is 0.979. The highest BCUT2D eigenvalue weighted by Gasteiger charge is 2.20. The van der Waals surface area contributed by atoms with Crippen molar-refractivity contribution >= 4 is 33.5 Å². The van der Waals surface area contributed by atoms with Crippen molar-refractivity contribution in [1.29, 1.82) is 0 Å². The van der Waals surface area contributed by atoms with Crippen LogP contribution in [0.4, 0.5) is 0 Å². The summed E-state index contributed by atoms with van der Waals surface area (Å²) >= 11 is 3.30. The molecule has 0 unspecified atom stereocenters. The Morgan fingerprint density at radius 3 is 2.45 bits per heavy atom. The fraction of sp³-hybridized carbons (Fsp3) is 0.500. The molecule has 1 heterocycles. The fourth-order valence-electron chi connectivity index (χ4n) is 1.52. The molecule has 0 aliphatic carbocycles. The van der Waals surface area contributed by atoms with Crippen molar-refractivity contribution in [2.24, 2.45) is 0 Å². The van der Waals surface area contributed by atoms with E-state index in [0.717, 1.165) is 26.1 Å². The van der Waals surface area contributed by atoms with E-state index in [1.807, 2.05) is 12.1 Å². The first-order valence-corrected chi connectivity index (χ1v) is 7.88. The molecule has 0 radical (unpaired) electrons. The first-order valence-electron chi connectivity index (χ1n) is 6.29. The van der Waals surface area contributed by atoms with Gasteiger partial charge in [-0.2, -0.15) is 0 Å². The van der Waals surface area contributed by atoms with Crippen molar-refractivity contribution in [3.8, 4) is 11.5 Å². The van der Waals surface area contributed by atoms with Crippen LogP contribution >= 0.6 is 23.3 Å². The molecule has 0 saturated carbocycles. The first kappa shape index (κ1) is 15.4. The van der Waals surface area contributed by atoms with Gasteiger partial charge in [-0.25, -0.2) is 9.29 Å². The van der Waals surface area contributed by atoms with Crippen molar-refractivity contribution < 1.29 is 9.47 Å². The largest absolute Gasteiger partial charge is 0.497 e. The fourth-order valence-corrected chi connectivity index (χ4v) is 3.66. The van der Waals surface area contributed by atoms with Crippen molar-refractivity contribution in [2.75, 3.05) is 21.3 Å². The molecule has 20 heavy (non-hydrogen) atoms. The van der Waals surface area contributed by atoms with E-state index in [0.29, 0.717) is 0 Å². The summed E-state index contributed by atoms with van der Waals surface area (Å²) in [6, 6.07) is 3.86. The molecule has 4 nitrogen and oxygen atoms in total. The lowest BCUT2D eigenvalue weighted by Crippen LogP contribution is -2.32. The lowest BCUT2D eigenvalue weighted by Gasteiger charge is -2.29. The SMILES string of the molecule is COc1cc(OC)c2nc(SN(C)C(C)(C)C)sc2c1. The summed E-state index contributed by atoms with van der Waals surface area (Å²) in [6.07, 6.45) is 0. The number of nitrogens with zero attached hydrogens (tertiary/aromatic N) is 2. The molecular formula is C14H20N2O2S2. The van der Waals surface area contributed by atoms with Crippen LogP contribution in [0.15, 0.2) is 16.5 Å². The van der Waals surface area contributed by atoms with E-state index in [4.69, 9.17) is 9.47 Å². The molecule has 0 amide bonds. The molecule has 0 aliphatic heterocycles. The van der Waals surface area contributed by atoms with Crippen LogP contribution in [0, 0.1) is 0 Å².